The molecule has 0 spiro atoms. The third kappa shape index (κ3) is 5.95. The molecule has 1 aliphatic carbocycles. The molecule has 1 saturated carbocycles. The highest BCUT2D eigenvalue weighted by atomic mass is 35.5. The molecule has 1 amide bonds. The van der Waals surface area contributed by atoms with Crippen molar-refractivity contribution in [3.05, 3.63) is 91.9 Å². The van der Waals surface area contributed by atoms with Crippen LogP contribution in [-0.4, -0.2) is 44.5 Å². The van der Waals surface area contributed by atoms with Crippen LogP contribution in [0, 0.1) is 17.6 Å². The number of carbonyl (C=O) groups excluding carboxylic acids is 1. The van der Waals surface area contributed by atoms with Crippen LogP contribution in [0.15, 0.2) is 47.3 Å². The summed E-state index contributed by atoms with van der Waals surface area (Å²) in [5, 5.41) is 13.5. The van der Waals surface area contributed by atoms with Crippen molar-refractivity contribution >= 4 is 17.5 Å². The van der Waals surface area contributed by atoms with Gasteiger partial charge in [-0.05, 0) is 54.2 Å². The zero-order chi connectivity index (χ0) is 26.1. The number of nitrogens with one attached hydrogen (secondary N) is 1. The fourth-order valence-corrected chi connectivity index (χ4v) is 5.11. The van der Waals surface area contributed by atoms with Crippen molar-refractivity contribution in [1.82, 2.24) is 19.6 Å². The Bertz CT molecular complexity index is 1330. The summed E-state index contributed by atoms with van der Waals surface area (Å²) in [6, 6.07) is 10.7. The second kappa shape index (κ2) is 10.8. The maximum absolute atomic E-state index is 13.7. The first-order valence-corrected chi connectivity index (χ1v) is 12.8. The van der Waals surface area contributed by atoms with Crippen LogP contribution >= 0.6 is 11.6 Å². The molecule has 2 aliphatic rings. The van der Waals surface area contributed by atoms with Gasteiger partial charge in [0.15, 0.2) is 0 Å². The molecule has 2 heterocycles. The first kappa shape index (κ1) is 25.6. The number of aliphatic hydroxyl groups excluding tert-OH is 1. The summed E-state index contributed by atoms with van der Waals surface area (Å²) in [6.07, 6.45) is 1.31. The number of carbonyl (C=O) groups is 1. The highest BCUT2D eigenvalue weighted by Gasteiger charge is 2.34. The van der Waals surface area contributed by atoms with E-state index in [-0.39, 0.29) is 23.9 Å². The van der Waals surface area contributed by atoms with E-state index < -0.39 is 17.7 Å². The third-order valence-electron chi connectivity index (χ3n) is 7.02. The van der Waals surface area contributed by atoms with Gasteiger partial charge in [0.1, 0.15) is 17.7 Å². The van der Waals surface area contributed by atoms with Crippen LogP contribution in [0.25, 0.3) is 0 Å². The molecule has 1 atom stereocenters. The molecule has 2 aromatic carbocycles. The number of benzene rings is 2. The fraction of sp³-hybridized carbons (Fsp3) is 0.407. The first-order valence-electron chi connectivity index (χ1n) is 12.5. The van der Waals surface area contributed by atoms with Crippen molar-refractivity contribution in [2.45, 2.75) is 51.5 Å². The smallest absolute Gasteiger partial charge is 0.271 e. The Kier molecular flexibility index (Phi) is 7.46. The van der Waals surface area contributed by atoms with Crippen LogP contribution in [0.4, 0.5) is 8.78 Å². The van der Waals surface area contributed by atoms with Crippen molar-refractivity contribution in [3.8, 4) is 0 Å². The van der Waals surface area contributed by atoms with E-state index in [0.717, 1.165) is 30.2 Å². The largest absolute Gasteiger partial charge is 0.383 e. The standard InChI is InChI=1S/C27H29ClF2N4O3/c28-20-5-1-17(2-6-20)15-34-27(37)23-16-32(14-18-11-21(29)13-22(30)12-18)9-7-24(23)33(34)10-8-31-26(36)25(35)19-3-4-19/h1-2,5-6,11-13,19,25,35H,3-4,7-10,14-16H2,(H,31,36). The summed E-state index contributed by atoms with van der Waals surface area (Å²) in [5.74, 6) is -1.60. The number of hydrogen-bond acceptors (Lipinski definition) is 4. The maximum atomic E-state index is 13.7. The van der Waals surface area contributed by atoms with E-state index >= 15 is 0 Å². The van der Waals surface area contributed by atoms with E-state index in [0.29, 0.717) is 55.3 Å². The van der Waals surface area contributed by atoms with E-state index in [9.17, 15) is 23.5 Å². The number of aromatic nitrogens is 2. The molecule has 196 valence electrons. The number of halogens is 3. The molecular formula is C27H29ClF2N4O3. The minimum absolute atomic E-state index is 0.0416. The van der Waals surface area contributed by atoms with Gasteiger partial charge in [-0.2, -0.15) is 0 Å². The summed E-state index contributed by atoms with van der Waals surface area (Å²) in [7, 11) is 0. The number of hydrogen-bond donors (Lipinski definition) is 2. The quantitative estimate of drug-likeness (QED) is 0.446. The molecule has 37 heavy (non-hydrogen) atoms. The van der Waals surface area contributed by atoms with Gasteiger partial charge >= 0.3 is 0 Å². The molecule has 0 bridgehead atoms. The molecule has 7 nitrogen and oxygen atoms in total. The van der Waals surface area contributed by atoms with Crippen LogP contribution in [0.5, 0.6) is 0 Å². The number of nitrogens with zero attached hydrogens (tertiary/aromatic N) is 3. The molecule has 5 rings (SSSR count). The number of fused-ring (bicyclic) bond motifs is 1. The van der Waals surface area contributed by atoms with Gasteiger partial charge in [0, 0.05) is 49.4 Å². The highest BCUT2D eigenvalue weighted by molar-refractivity contribution is 6.30. The normalized spacial score (nSPS) is 16.4. The predicted molar refractivity (Wildman–Crippen MR) is 135 cm³/mol. The Morgan fingerprint density at radius 2 is 1.76 bits per heavy atom. The van der Waals surface area contributed by atoms with Crippen molar-refractivity contribution in [1.29, 1.82) is 0 Å². The second-order valence-electron chi connectivity index (χ2n) is 9.85. The van der Waals surface area contributed by atoms with Gasteiger partial charge in [-0.15, -0.1) is 0 Å². The Morgan fingerprint density at radius 1 is 1.05 bits per heavy atom. The lowest BCUT2D eigenvalue weighted by Gasteiger charge is -2.27. The number of rotatable bonds is 9. The Balaban J connectivity index is 1.37. The van der Waals surface area contributed by atoms with Gasteiger partial charge in [0.2, 0.25) is 5.91 Å². The van der Waals surface area contributed by atoms with Gasteiger partial charge in [-0.1, -0.05) is 23.7 Å². The van der Waals surface area contributed by atoms with Crippen molar-refractivity contribution in [2.75, 3.05) is 13.1 Å². The second-order valence-corrected chi connectivity index (χ2v) is 10.3. The van der Waals surface area contributed by atoms with Crippen molar-refractivity contribution < 1.29 is 18.7 Å². The lowest BCUT2D eigenvalue weighted by atomic mass is 10.1. The van der Waals surface area contributed by atoms with Gasteiger partial charge in [-0.3, -0.25) is 19.2 Å². The molecule has 1 unspecified atom stereocenters. The van der Waals surface area contributed by atoms with Crippen molar-refractivity contribution in [3.63, 3.8) is 0 Å². The summed E-state index contributed by atoms with van der Waals surface area (Å²) >= 11 is 6.03. The average molecular weight is 531 g/mol. The Hall–Kier alpha value is -3.01. The highest BCUT2D eigenvalue weighted by Crippen LogP contribution is 2.32. The molecule has 3 aromatic rings. The molecular weight excluding hydrogens is 502 g/mol. The Labute approximate surface area is 218 Å². The SMILES string of the molecule is O=C(NCCn1c2c(c(=O)n1Cc1ccc(Cl)cc1)CN(Cc1cc(F)cc(F)c1)CC2)C(O)C1CC1. The lowest BCUT2D eigenvalue weighted by Crippen LogP contribution is -2.38. The fourth-order valence-electron chi connectivity index (χ4n) is 4.98. The van der Waals surface area contributed by atoms with Gasteiger partial charge in [0.25, 0.3) is 5.56 Å². The van der Waals surface area contributed by atoms with E-state index in [1.165, 1.54) is 12.1 Å². The van der Waals surface area contributed by atoms with E-state index in [1.807, 2.05) is 21.7 Å². The monoisotopic (exact) mass is 530 g/mol. The van der Waals surface area contributed by atoms with Gasteiger partial charge in [-0.25, -0.2) is 13.5 Å². The molecule has 0 saturated heterocycles. The summed E-state index contributed by atoms with van der Waals surface area (Å²) < 4.78 is 30.9. The zero-order valence-electron chi connectivity index (χ0n) is 20.3. The van der Waals surface area contributed by atoms with E-state index in [4.69, 9.17) is 11.6 Å². The summed E-state index contributed by atoms with van der Waals surface area (Å²) in [4.78, 5) is 27.8. The van der Waals surface area contributed by atoms with Crippen molar-refractivity contribution in [2.24, 2.45) is 5.92 Å². The predicted octanol–water partition coefficient (Wildman–Crippen LogP) is 3.08. The van der Waals surface area contributed by atoms with Crippen LogP contribution in [0.1, 0.15) is 35.2 Å². The van der Waals surface area contributed by atoms with Gasteiger partial charge < -0.3 is 10.4 Å². The summed E-state index contributed by atoms with van der Waals surface area (Å²) in [5.41, 5.74) is 2.81. The topological polar surface area (TPSA) is 79.5 Å². The molecule has 1 fully saturated rings. The van der Waals surface area contributed by atoms with E-state index in [2.05, 4.69) is 5.32 Å². The Morgan fingerprint density at radius 3 is 2.43 bits per heavy atom. The maximum Gasteiger partial charge on any atom is 0.271 e. The van der Waals surface area contributed by atoms with Crippen LogP contribution in [0.3, 0.4) is 0 Å². The van der Waals surface area contributed by atoms with Gasteiger partial charge in [0.05, 0.1) is 18.7 Å². The number of aliphatic hydroxyl groups is 1. The third-order valence-corrected chi connectivity index (χ3v) is 7.28. The minimum atomic E-state index is -0.990. The first-order chi connectivity index (χ1) is 17.8. The van der Waals surface area contributed by atoms with E-state index in [1.54, 1.807) is 16.8 Å². The molecule has 1 aromatic heterocycles. The molecule has 1 aliphatic heterocycles. The molecule has 10 heteroatoms. The minimum Gasteiger partial charge on any atom is -0.383 e. The zero-order valence-corrected chi connectivity index (χ0v) is 21.1. The van der Waals surface area contributed by atoms with Crippen LogP contribution in [0.2, 0.25) is 5.02 Å². The number of amides is 1. The van der Waals surface area contributed by atoms with Crippen LogP contribution in [-0.2, 0) is 37.4 Å². The lowest BCUT2D eigenvalue weighted by molar-refractivity contribution is -0.130. The molecule has 0 radical (unpaired) electrons. The summed E-state index contributed by atoms with van der Waals surface area (Å²) in [6.45, 7) is 2.27. The average Bonchev–Trinajstić information content (AvgIpc) is 3.67. The molecule has 2 N–H and O–H groups in total. The van der Waals surface area contributed by atoms with Crippen LogP contribution < -0.4 is 10.9 Å².